The summed E-state index contributed by atoms with van der Waals surface area (Å²) in [6.07, 6.45) is 0.881. The predicted octanol–water partition coefficient (Wildman–Crippen LogP) is 4.28. The summed E-state index contributed by atoms with van der Waals surface area (Å²) in [6.45, 7) is 1.08. The maximum Gasteiger partial charge on any atom is 0.141 e. The summed E-state index contributed by atoms with van der Waals surface area (Å²) >= 11 is 5.86. The van der Waals surface area contributed by atoms with Crippen LogP contribution in [0.1, 0.15) is 24.5 Å². The Balaban J connectivity index is 1.76. The molecule has 1 fully saturated rings. The highest BCUT2D eigenvalue weighted by molar-refractivity contribution is 6.31. The average Bonchev–Trinajstić information content (AvgIpc) is 3.24. The van der Waals surface area contributed by atoms with Crippen molar-refractivity contribution in [3.8, 4) is 11.8 Å². The Morgan fingerprint density at radius 3 is 2.97 bits per heavy atom. The molecule has 0 aliphatic carbocycles. The molecule has 1 aliphatic rings. The summed E-state index contributed by atoms with van der Waals surface area (Å²) < 4.78 is 24.8. The minimum absolute atomic E-state index is 0.0158. The minimum atomic E-state index is -1.04. The van der Waals surface area contributed by atoms with Gasteiger partial charge in [-0.25, -0.2) is 14.4 Å². The van der Waals surface area contributed by atoms with E-state index in [1.807, 2.05) is 6.07 Å². The quantitative estimate of drug-likeness (QED) is 0.604. The Kier molecular flexibility index (Phi) is 5.95. The summed E-state index contributed by atoms with van der Waals surface area (Å²) in [7, 11) is 0. The van der Waals surface area contributed by atoms with Gasteiger partial charge in [-0.15, -0.1) is 0 Å². The largest absolute Gasteiger partial charge is 0.487 e. The van der Waals surface area contributed by atoms with E-state index in [-0.39, 0.29) is 17.5 Å². The third-order valence-corrected chi connectivity index (χ3v) is 5.06. The van der Waals surface area contributed by atoms with E-state index in [1.165, 1.54) is 24.5 Å². The van der Waals surface area contributed by atoms with E-state index in [0.29, 0.717) is 46.9 Å². The molecule has 0 bridgehead atoms. The summed E-state index contributed by atoms with van der Waals surface area (Å²) in [4.78, 5) is 8.57. The predicted molar refractivity (Wildman–Crippen MR) is 109 cm³/mol. The molecular weight excluding hydrogens is 411 g/mol. The van der Waals surface area contributed by atoms with Gasteiger partial charge >= 0.3 is 0 Å². The Bertz CT molecular complexity index is 1120. The van der Waals surface area contributed by atoms with E-state index in [9.17, 15) is 9.50 Å². The van der Waals surface area contributed by atoms with Crippen molar-refractivity contribution in [3.63, 3.8) is 0 Å². The third-order valence-electron chi connectivity index (χ3n) is 4.77. The molecule has 2 heterocycles. The highest BCUT2D eigenvalue weighted by Crippen LogP contribution is 2.35. The molecule has 154 valence electrons. The van der Waals surface area contributed by atoms with Gasteiger partial charge in [-0.05, 0) is 24.3 Å². The first-order valence-electron chi connectivity index (χ1n) is 9.35. The van der Waals surface area contributed by atoms with Crippen molar-refractivity contribution in [1.29, 1.82) is 5.26 Å². The number of nitrogens with zero attached hydrogens (tertiary/aromatic N) is 3. The number of rotatable bonds is 6. The van der Waals surface area contributed by atoms with Gasteiger partial charge < -0.3 is 19.9 Å². The maximum absolute atomic E-state index is 13.5. The van der Waals surface area contributed by atoms with Crippen LogP contribution in [0.3, 0.4) is 0 Å². The van der Waals surface area contributed by atoms with Gasteiger partial charge in [0, 0.05) is 29.1 Å². The van der Waals surface area contributed by atoms with Crippen LogP contribution in [0.4, 0.5) is 15.9 Å². The number of aromatic nitrogens is 2. The first kappa shape index (κ1) is 20.3. The van der Waals surface area contributed by atoms with Crippen LogP contribution in [0.2, 0.25) is 5.02 Å². The highest BCUT2D eigenvalue weighted by atomic mass is 35.5. The molecule has 3 aromatic rings. The molecule has 4 rings (SSSR count). The molecule has 0 spiro atoms. The normalized spacial score (nSPS) is 16.9. The fraction of sp³-hybridized carbons (Fsp3) is 0.286. The number of anilines is 2. The lowest BCUT2D eigenvalue weighted by Gasteiger charge is -2.19. The van der Waals surface area contributed by atoms with Gasteiger partial charge in [-0.1, -0.05) is 11.6 Å². The Morgan fingerprint density at radius 1 is 1.37 bits per heavy atom. The summed E-state index contributed by atoms with van der Waals surface area (Å²) in [5.74, 6) is 0.383. The van der Waals surface area contributed by atoms with E-state index in [4.69, 9.17) is 26.3 Å². The first-order chi connectivity index (χ1) is 14.5. The molecule has 1 unspecified atom stereocenters. The SMILES string of the molecule is N#CCC(O)c1cc2c(Nc3ccc(F)c(Cl)c3)ncnc2cc1O[C@H]1CCOC1. The Labute approximate surface area is 177 Å². The molecule has 1 aromatic heterocycles. The van der Waals surface area contributed by atoms with Crippen LogP contribution in [0.15, 0.2) is 36.7 Å². The lowest BCUT2D eigenvalue weighted by molar-refractivity contribution is 0.133. The molecule has 9 heteroatoms. The molecule has 7 nitrogen and oxygen atoms in total. The zero-order valence-corrected chi connectivity index (χ0v) is 16.6. The van der Waals surface area contributed by atoms with Crippen molar-refractivity contribution in [3.05, 3.63) is 53.1 Å². The van der Waals surface area contributed by atoms with Crippen LogP contribution < -0.4 is 10.1 Å². The van der Waals surface area contributed by atoms with E-state index in [1.54, 1.807) is 12.1 Å². The fourth-order valence-electron chi connectivity index (χ4n) is 3.26. The van der Waals surface area contributed by atoms with Gasteiger partial charge in [0.15, 0.2) is 0 Å². The number of hydrogen-bond acceptors (Lipinski definition) is 7. The second-order valence-electron chi connectivity index (χ2n) is 6.86. The molecule has 2 atom stereocenters. The number of halogens is 2. The summed E-state index contributed by atoms with van der Waals surface area (Å²) in [5.41, 5.74) is 1.59. The Hall–Kier alpha value is -2.99. The number of aliphatic hydroxyl groups is 1. The van der Waals surface area contributed by atoms with Gasteiger partial charge in [-0.3, -0.25) is 0 Å². The molecule has 0 amide bonds. The van der Waals surface area contributed by atoms with Gasteiger partial charge in [0.25, 0.3) is 0 Å². The smallest absolute Gasteiger partial charge is 0.141 e. The van der Waals surface area contributed by atoms with E-state index in [0.717, 1.165) is 6.42 Å². The average molecular weight is 429 g/mol. The number of fused-ring (bicyclic) bond motifs is 1. The van der Waals surface area contributed by atoms with E-state index >= 15 is 0 Å². The molecule has 2 N–H and O–H groups in total. The van der Waals surface area contributed by atoms with Crippen molar-refractivity contribution in [2.45, 2.75) is 25.0 Å². The Morgan fingerprint density at radius 2 is 2.23 bits per heavy atom. The van der Waals surface area contributed by atoms with Gasteiger partial charge in [0.1, 0.15) is 29.8 Å². The number of hydrogen-bond donors (Lipinski definition) is 2. The van der Waals surface area contributed by atoms with Crippen LogP contribution in [0.5, 0.6) is 5.75 Å². The second-order valence-corrected chi connectivity index (χ2v) is 7.27. The molecule has 2 aromatic carbocycles. The van der Waals surface area contributed by atoms with Crippen LogP contribution in [0.25, 0.3) is 10.9 Å². The van der Waals surface area contributed by atoms with Crippen molar-refractivity contribution in [1.82, 2.24) is 9.97 Å². The fourth-order valence-corrected chi connectivity index (χ4v) is 3.44. The van der Waals surface area contributed by atoms with Gasteiger partial charge in [0.2, 0.25) is 0 Å². The minimum Gasteiger partial charge on any atom is -0.487 e. The topological polar surface area (TPSA) is 100 Å². The zero-order valence-electron chi connectivity index (χ0n) is 15.8. The number of benzene rings is 2. The summed E-state index contributed by atoms with van der Waals surface area (Å²) in [6, 6.07) is 9.64. The lowest BCUT2D eigenvalue weighted by atomic mass is 10.0. The number of nitriles is 1. The van der Waals surface area contributed by atoms with Gasteiger partial charge in [-0.2, -0.15) is 5.26 Å². The molecule has 0 radical (unpaired) electrons. The van der Waals surface area contributed by atoms with Crippen molar-refractivity contribution in [2.24, 2.45) is 0 Å². The second kappa shape index (κ2) is 8.79. The molecular formula is C21H18ClFN4O3. The van der Waals surface area contributed by atoms with Crippen LogP contribution in [-0.4, -0.2) is 34.4 Å². The maximum atomic E-state index is 13.5. The molecule has 30 heavy (non-hydrogen) atoms. The van der Waals surface area contributed by atoms with Crippen molar-refractivity contribution in [2.75, 3.05) is 18.5 Å². The van der Waals surface area contributed by atoms with E-state index in [2.05, 4.69) is 15.3 Å². The van der Waals surface area contributed by atoms with Crippen LogP contribution >= 0.6 is 11.6 Å². The monoisotopic (exact) mass is 428 g/mol. The highest BCUT2D eigenvalue weighted by Gasteiger charge is 2.22. The van der Waals surface area contributed by atoms with Crippen LogP contribution in [-0.2, 0) is 4.74 Å². The van der Waals surface area contributed by atoms with Crippen molar-refractivity contribution >= 4 is 34.0 Å². The number of ether oxygens (including phenoxy) is 2. The molecule has 0 saturated carbocycles. The number of aliphatic hydroxyl groups excluding tert-OH is 1. The number of nitrogens with one attached hydrogen (secondary N) is 1. The lowest BCUT2D eigenvalue weighted by Crippen LogP contribution is -2.17. The van der Waals surface area contributed by atoms with Crippen LogP contribution in [0, 0.1) is 17.1 Å². The summed E-state index contributed by atoms with van der Waals surface area (Å²) in [5, 5.41) is 23.3. The molecule has 1 aliphatic heterocycles. The zero-order chi connectivity index (χ0) is 21.1. The van der Waals surface area contributed by atoms with Gasteiger partial charge in [0.05, 0.1) is 42.3 Å². The third kappa shape index (κ3) is 4.28. The first-order valence-corrected chi connectivity index (χ1v) is 9.73. The van der Waals surface area contributed by atoms with Crippen molar-refractivity contribution < 1.29 is 19.0 Å². The molecule has 1 saturated heterocycles. The standard InChI is InChI=1S/C21H18ClFN4O3/c22-16-7-12(1-2-17(16)23)27-21-14-8-15(19(28)3-5-24)20(9-18(14)25-11-26-21)30-13-4-6-29-10-13/h1-2,7-9,11,13,19,28H,3-4,6,10H2,(H,25,26,27)/t13-,19?/m0/s1. The van der Waals surface area contributed by atoms with E-state index < -0.39 is 11.9 Å².